The van der Waals surface area contributed by atoms with Crippen LogP contribution >= 0.6 is 11.5 Å². The van der Waals surface area contributed by atoms with Gasteiger partial charge in [-0.3, -0.25) is 9.69 Å². The standard InChI is InChI=1S/C29H28N4O2S/c34-28(33-20-18-32(19-21-33)17-7-12-23-8-3-1-4-9-23)25-13-15-26(16-14-25)35-29-30-27(31-36-29)22-24-10-5-2-6-11-24/h1-16H,17-22H2. The van der Waals surface area contributed by atoms with E-state index in [9.17, 15) is 4.79 Å². The Morgan fingerprint density at radius 2 is 1.58 bits per heavy atom. The molecule has 2 heterocycles. The number of carbonyl (C=O) groups is 1. The highest BCUT2D eigenvalue weighted by atomic mass is 32.1. The van der Waals surface area contributed by atoms with Crippen molar-refractivity contribution in [3.05, 3.63) is 114 Å². The van der Waals surface area contributed by atoms with Crippen LogP contribution in [0.15, 0.2) is 91.0 Å². The number of piperazine rings is 1. The number of carbonyl (C=O) groups excluding carboxylic acids is 1. The summed E-state index contributed by atoms with van der Waals surface area (Å²) in [6, 6.07) is 27.7. The molecule has 1 saturated heterocycles. The second-order valence-corrected chi connectivity index (χ2v) is 9.39. The largest absolute Gasteiger partial charge is 0.430 e. The topological polar surface area (TPSA) is 58.6 Å². The Hall–Kier alpha value is -3.81. The predicted molar refractivity (Wildman–Crippen MR) is 143 cm³/mol. The quantitative estimate of drug-likeness (QED) is 0.327. The van der Waals surface area contributed by atoms with E-state index >= 15 is 0 Å². The van der Waals surface area contributed by atoms with Gasteiger partial charge in [-0.25, -0.2) is 0 Å². The summed E-state index contributed by atoms with van der Waals surface area (Å²) in [4.78, 5) is 21.8. The fourth-order valence-corrected chi connectivity index (χ4v) is 4.68. The summed E-state index contributed by atoms with van der Waals surface area (Å²) in [6.07, 6.45) is 5.01. The molecule has 1 aliphatic rings. The molecule has 0 spiro atoms. The van der Waals surface area contributed by atoms with Crippen molar-refractivity contribution in [1.82, 2.24) is 19.2 Å². The molecule has 0 atom stereocenters. The predicted octanol–water partition coefficient (Wildman–Crippen LogP) is 5.39. The number of hydrogen-bond donors (Lipinski definition) is 0. The molecule has 7 heteroatoms. The zero-order valence-corrected chi connectivity index (χ0v) is 20.8. The molecule has 1 aliphatic heterocycles. The van der Waals surface area contributed by atoms with E-state index in [1.807, 2.05) is 65.6 Å². The molecule has 1 fully saturated rings. The Kier molecular flexibility index (Phi) is 7.80. The molecule has 5 rings (SSSR count). The van der Waals surface area contributed by atoms with E-state index < -0.39 is 0 Å². The first-order chi connectivity index (χ1) is 17.7. The molecule has 0 bridgehead atoms. The van der Waals surface area contributed by atoms with Crippen LogP contribution in [0.25, 0.3) is 6.08 Å². The van der Waals surface area contributed by atoms with Crippen LogP contribution in [0.1, 0.15) is 27.3 Å². The molecule has 0 saturated carbocycles. The van der Waals surface area contributed by atoms with Crippen LogP contribution in [0.2, 0.25) is 0 Å². The van der Waals surface area contributed by atoms with Crippen LogP contribution in [0, 0.1) is 0 Å². The number of hydrogen-bond acceptors (Lipinski definition) is 6. The van der Waals surface area contributed by atoms with Crippen LogP contribution in [0.4, 0.5) is 0 Å². The van der Waals surface area contributed by atoms with Crippen molar-refractivity contribution < 1.29 is 9.53 Å². The van der Waals surface area contributed by atoms with Crippen LogP contribution in [-0.4, -0.2) is 57.8 Å². The summed E-state index contributed by atoms with van der Waals surface area (Å²) in [6.45, 7) is 4.08. The zero-order chi connectivity index (χ0) is 24.6. The first-order valence-electron chi connectivity index (χ1n) is 12.1. The lowest BCUT2D eigenvalue weighted by atomic mass is 10.1. The summed E-state index contributed by atoms with van der Waals surface area (Å²) in [7, 11) is 0. The number of benzene rings is 3. The Balaban J connectivity index is 1.09. The second-order valence-electron chi connectivity index (χ2n) is 8.67. The monoisotopic (exact) mass is 496 g/mol. The maximum atomic E-state index is 13.0. The molecule has 4 aromatic rings. The number of aromatic nitrogens is 2. The van der Waals surface area contributed by atoms with Crippen LogP contribution in [0.5, 0.6) is 10.9 Å². The number of amides is 1. The average Bonchev–Trinajstić information content (AvgIpc) is 3.37. The van der Waals surface area contributed by atoms with Gasteiger partial charge in [-0.15, -0.1) is 0 Å². The minimum absolute atomic E-state index is 0.0575. The third kappa shape index (κ3) is 6.44. The van der Waals surface area contributed by atoms with Crippen molar-refractivity contribution >= 4 is 23.5 Å². The smallest absolute Gasteiger partial charge is 0.298 e. The molecule has 6 nitrogen and oxygen atoms in total. The van der Waals surface area contributed by atoms with Gasteiger partial charge >= 0.3 is 0 Å². The lowest BCUT2D eigenvalue weighted by Gasteiger charge is -2.34. The number of ether oxygens (including phenoxy) is 1. The van der Waals surface area contributed by atoms with Gasteiger partial charge in [0.15, 0.2) is 5.82 Å². The van der Waals surface area contributed by atoms with Crippen LogP contribution < -0.4 is 4.74 Å². The molecule has 182 valence electrons. The van der Waals surface area contributed by atoms with Gasteiger partial charge in [0, 0.05) is 56.2 Å². The summed E-state index contributed by atoms with van der Waals surface area (Å²) >= 11 is 1.23. The van der Waals surface area contributed by atoms with Crippen molar-refractivity contribution in [2.75, 3.05) is 32.7 Å². The molecular formula is C29H28N4O2S. The van der Waals surface area contributed by atoms with E-state index in [1.54, 1.807) is 0 Å². The molecule has 1 aromatic heterocycles. The van der Waals surface area contributed by atoms with Gasteiger partial charge in [0.2, 0.25) is 0 Å². The lowest BCUT2D eigenvalue weighted by molar-refractivity contribution is 0.0650. The molecule has 0 unspecified atom stereocenters. The highest BCUT2D eigenvalue weighted by Crippen LogP contribution is 2.24. The van der Waals surface area contributed by atoms with E-state index in [0.29, 0.717) is 22.9 Å². The Morgan fingerprint density at radius 1 is 0.889 bits per heavy atom. The molecule has 36 heavy (non-hydrogen) atoms. The van der Waals surface area contributed by atoms with Gasteiger partial charge in [0.05, 0.1) is 0 Å². The molecule has 3 aromatic carbocycles. The maximum absolute atomic E-state index is 13.0. The first-order valence-corrected chi connectivity index (χ1v) is 12.9. The molecule has 0 aliphatic carbocycles. The minimum Gasteiger partial charge on any atom is -0.430 e. The van der Waals surface area contributed by atoms with Crippen molar-refractivity contribution in [3.63, 3.8) is 0 Å². The fourth-order valence-electron chi connectivity index (χ4n) is 4.11. The van der Waals surface area contributed by atoms with Gasteiger partial charge in [0.25, 0.3) is 11.1 Å². The van der Waals surface area contributed by atoms with E-state index in [4.69, 9.17) is 4.74 Å². The van der Waals surface area contributed by atoms with Gasteiger partial charge < -0.3 is 9.64 Å². The van der Waals surface area contributed by atoms with Crippen molar-refractivity contribution in [2.45, 2.75) is 6.42 Å². The average molecular weight is 497 g/mol. The van der Waals surface area contributed by atoms with Crippen molar-refractivity contribution in [3.8, 4) is 10.9 Å². The minimum atomic E-state index is 0.0575. The third-order valence-corrected chi connectivity index (χ3v) is 6.73. The van der Waals surface area contributed by atoms with Gasteiger partial charge in [-0.05, 0) is 35.4 Å². The molecule has 1 amide bonds. The summed E-state index contributed by atoms with van der Waals surface area (Å²) < 4.78 is 10.3. The van der Waals surface area contributed by atoms with Gasteiger partial charge in [-0.1, -0.05) is 72.8 Å². The van der Waals surface area contributed by atoms with E-state index in [2.05, 4.69) is 50.7 Å². The normalized spacial score (nSPS) is 14.3. The highest BCUT2D eigenvalue weighted by Gasteiger charge is 2.21. The molecule has 0 N–H and O–H groups in total. The molecule has 0 radical (unpaired) electrons. The van der Waals surface area contributed by atoms with E-state index in [-0.39, 0.29) is 5.91 Å². The Labute approximate surface area is 215 Å². The van der Waals surface area contributed by atoms with Crippen LogP contribution in [-0.2, 0) is 6.42 Å². The maximum Gasteiger partial charge on any atom is 0.298 e. The Bertz CT molecular complexity index is 1280. The number of nitrogens with zero attached hydrogens (tertiary/aromatic N) is 4. The Morgan fingerprint density at radius 3 is 2.31 bits per heavy atom. The second kappa shape index (κ2) is 11.7. The SMILES string of the molecule is O=C(c1ccc(Oc2nc(Cc3ccccc3)ns2)cc1)N1CCN(CC=Cc2ccccc2)CC1. The van der Waals surface area contributed by atoms with E-state index in [1.165, 1.54) is 17.1 Å². The zero-order valence-electron chi connectivity index (χ0n) is 20.0. The van der Waals surface area contributed by atoms with Gasteiger partial charge in [0.1, 0.15) is 5.75 Å². The molecular weight excluding hydrogens is 468 g/mol. The summed E-state index contributed by atoms with van der Waals surface area (Å²) in [5.74, 6) is 1.44. The highest BCUT2D eigenvalue weighted by molar-refractivity contribution is 7.07. The summed E-state index contributed by atoms with van der Waals surface area (Å²) in [5.41, 5.74) is 3.04. The van der Waals surface area contributed by atoms with E-state index in [0.717, 1.165) is 44.1 Å². The van der Waals surface area contributed by atoms with Crippen molar-refractivity contribution in [2.24, 2.45) is 0 Å². The fraction of sp³-hybridized carbons (Fsp3) is 0.207. The summed E-state index contributed by atoms with van der Waals surface area (Å²) in [5, 5.41) is 0.498. The first kappa shape index (κ1) is 23.9. The van der Waals surface area contributed by atoms with Gasteiger partial charge in [-0.2, -0.15) is 9.36 Å². The number of rotatable bonds is 8. The van der Waals surface area contributed by atoms with Crippen LogP contribution in [0.3, 0.4) is 0 Å². The lowest BCUT2D eigenvalue weighted by Crippen LogP contribution is -2.48. The van der Waals surface area contributed by atoms with Crippen molar-refractivity contribution in [1.29, 1.82) is 0 Å². The third-order valence-electron chi connectivity index (χ3n) is 6.09.